The lowest BCUT2D eigenvalue weighted by Gasteiger charge is -2.47. The summed E-state index contributed by atoms with van der Waals surface area (Å²) >= 11 is 0. The quantitative estimate of drug-likeness (QED) is 0.807. The molecule has 0 saturated heterocycles. The molecule has 0 saturated carbocycles. The Balaban J connectivity index is 1.96. The standard InChI is InChI=1S/C25H24O3/c1-16-19-11-10-18(28-4)14-20(19)24(2)13-12-21(26)25(3,23(24)22(16)27)15-17-8-6-5-7-9-17/h5-14,27H,1,15H2,2-4H3/t24-,25-/m0/s1. The average Bonchev–Trinajstić information content (AvgIpc) is 2.70. The zero-order chi connectivity index (χ0) is 20.1. The van der Waals surface area contributed by atoms with Crippen molar-refractivity contribution in [3.8, 4) is 5.75 Å². The van der Waals surface area contributed by atoms with Crippen molar-refractivity contribution in [2.45, 2.75) is 25.7 Å². The summed E-state index contributed by atoms with van der Waals surface area (Å²) in [5.41, 5.74) is 2.71. The first kappa shape index (κ1) is 18.3. The molecule has 3 nitrogen and oxygen atoms in total. The number of allylic oxidation sites excluding steroid dienone is 4. The van der Waals surface area contributed by atoms with Gasteiger partial charge in [-0.1, -0.05) is 49.1 Å². The Hall–Kier alpha value is -3.07. The highest BCUT2D eigenvalue weighted by atomic mass is 16.5. The number of aliphatic hydroxyl groups excluding tert-OH is 1. The van der Waals surface area contributed by atoms with Crippen LogP contribution in [0.3, 0.4) is 0 Å². The highest BCUT2D eigenvalue weighted by molar-refractivity contribution is 6.02. The predicted molar refractivity (Wildman–Crippen MR) is 111 cm³/mol. The molecular weight excluding hydrogens is 348 g/mol. The third-order valence-electron chi connectivity index (χ3n) is 6.22. The number of methoxy groups -OCH3 is 1. The molecule has 0 spiro atoms. The van der Waals surface area contributed by atoms with Gasteiger partial charge in [-0.25, -0.2) is 0 Å². The number of fused-ring (bicyclic) bond motifs is 3. The van der Waals surface area contributed by atoms with E-state index in [1.54, 1.807) is 13.2 Å². The van der Waals surface area contributed by atoms with Gasteiger partial charge in [0.25, 0.3) is 0 Å². The number of ketones is 1. The highest BCUT2D eigenvalue weighted by Gasteiger charge is 2.52. The molecule has 2 aliphatic rings. The molecule has 0 heterocycles. The summed E-state index contributed by atoms with van der Waals surface area (Å²) in [7, 11) is 1.63. The van der Waals surface area contributed by atoms with E-state index in [1.165, 1.54) is 0 Å². The molecule has 0 unspecified atom stereocenters. The van der Waals surface area contributed by atoms with E-state index in [9.17, 15) is 9.90 Å². The van der Waals surface area contributed by atoms with Gasteiger partial charge in [-0.2, -0.15) is 0 Å². The van der Waals surface area contributed by atoms with Crippen molar-refractivity contribution in [3.05, 3.63) is 95.3 Å². The van der Waals surface area contributed by atoms with E-state index >= 15 is 0 Å². The molecule has 4 rings (SSSR count). The van der Waals surface area contributed by atoms with Crippen LogP contribution in [0.1, 0.15) is 30.5 Å². The smallest absolute Gasteiger partial charge is 0.165 e. The lowest BCUT2D eigenvalue weighted by atomic mass is 9.55. The number of rotatable bonds is 3. The minimum absolute atomic E-state index is 0.00507. The first-order valence-electron chi connectivity index (χ1n) is 9.41. The molecule has 0 radical (unpaired) electrons. The Morgan fingerprint density at radius 3 is 2.50 bits per heavy atom. The summed E-state index contributed by atoms with van der Waals surface area (Å²) < 4.78 is 5.44. The van der Waals surface area contributed by atoms with Crippen LogP contribution in [0.15, 0.2) is 78.6 Å². The molecule has 3 heteroatoms. The lowest BCUT2D eigenvalue weighted by molar-refractivity contribution is -0.122. The monoisotopic (exact) mass is 372 g/mol. The van der Waals surface area contributed by atoms with Crippen LogP contribution in [-0.2, 0) is 16.6 Å². The fourth-order valence-electron chi connectivity index (χ4n) is 4.74. The van der Waals surface area contributed by atoms with Crippen LogP contribution in [0.25, 0.3) is 5.57 Å². The third kappa shape index (κ3) is 2.46. The Morgan fingerprint density at radius 2 is 1.82 bits per heavy atom. The SMILES string of the molecule is C=C1C(O)=C2[C@@](C)(Cc3ccccc3)C(=O)C=C[C@@]2(C)c2cc(OC)ccc21. The molecule has 0 aliphatic heterocycles. The van der Waals surface area contributed by atoms with Crippen LogP contribution >= 0.6 is 0 Å². The number of hydrogen-bond acceptors (Lipinski definition) is 3. The Bertz CT molecular complexity index is 1040. The van der Waals surface area contributed by atoms with Gasteiger partial charge in [0.2, 0.25) is 0 Å². The lowest BCUT2D eigenvalue weighted by Crippen LogP contribution is -2.46. The van der Waals surface area contributed by atoms with E-state index < -0.39 is 10.8 Å². The minimum atomic E-state index is -0.862. The zero-order valence-electron chi connectivity index (χ0n) is 16.5. The Labute approximate surface area is 165 Å². The van der Waals surface area contributed by atoms with Crippen LogP contribution in [0.5, 0.6) is 5.75 Å². The number of aliphatic hydroxyl groups is 1. The molecule has 0 amide bonds. The third-order valence-corrected chi connectivity index (χ3v) is 6.22. The molecule has 0 aromatic heterocycles. The second-order valence-corrected chi connectivity index (χ2v) is 8.01. The summed E-state index contributed by atoms with van der Waals surface area (Å²) in [5, 5.41) is 11.2. The Morgan fingerprint density at radius 1 is 1.11 bits per heavy atom. The van der Waals surface area contributed by atoms with E-state index in [2.05, 4.69) is 13.5 Å². The first-order chi connectivity index (χ1) is 13.3. The number of hydrogen-bond donors (Lipinski definition) is 1. The molecule has 2 aromatic rings. The second kappa shape index (κ2) is 6.23. The molecule has 0 fully saturated rings. The highest BCUT2D eigenvalue weighted by Crippen LogP contribution is 2.56. The number of carbonyl (C=O) groups is 1. The van der Waals surface area contributed by atoms with Gasteiger partial charge in [-0.3, -0.25) is 4.79 Å². The number of ether oxygens (including phenoxy) is 1. The molecule has 1 N–H and O–H groups in total. The van der Waals surface area contributed by atoms with Crippen LogP contribution in [-0.4, -0.2) is 18.0 Å². The maximum absolute atomic E-state index is 13.1. The second-order valence-electron chi connectivity index (χ2n) is 8.01. The zero-order valence-corrected chi connectivity index (χ0v) is 16.5. The van der Waals surface area contributed by atoms with E-state index in [0.717, 1.165) is 22.4 Å². The van der Waals surface area contributed by atoms with Gasteiger partial charge in [0.15, 0.2) is 5.78 Å². The van der Waals surface area contributed by atoms with E-state index in [4.69, 9.17) is 4.74 Å². The largest absolute Gasteiger partial charge is 0.507 e. The topological polar surface area (TPSA) is 46.5 Å². The minimum Gasteiger partial charge on any atom is -0.507 e. The van der Waals surface area contributed by atoms with Gasteiger partial charge < -0.3 is 9.84 Å². The summed E-state index contributed by atoms with van der Waals surface area (Å²) in [4.78, 5) is 13.1. The molecule has 2 aromatic carbocycles. The maximum Gasteiger partial charge on any atom is 0.165 e. The van der Waals surface area contributed by atoms with Crippen LogP contribution in [0, 0.1) is 5.41 Å². The number of carbonyl (C=O) groups excluding carboxylic acids is 1. The van der Waals surface area contributed by atoms with Crippen molar-refractivity contribution in [1.82, 2.24) is 0 Å². The van der Waals surface area contributed by atoms with Crippen molar-refractivity contribution in [3.63, 3.8) is 0 Å². The van der Waals surface area contributed by atoms with Crippen molar-refractivity contribution in [2.24, 2.45) is 5.41 Å². The van der Waals surface area contributed by atoms with Gasteiger partial charge in [-0.15, -0.1) is 0 Å². The van der Waals surface area contributed by atoms with Crippen molar-refractivity contribution < 1.29 is 14.6 Å². The average molecular weight is 372 g/mol. The fourth-order valence-corrected chi connectivity index (χ4v) is 4.74. The molecule has 2 aliphatic carbocycles. The molecule has 28 heavy (non-hydrogen) atoms. The summed E-state index contributed by atoms with van der Waals surface area (Å²) in [6.45, 7) is 8.10. The van der Waals surface area contributed by atoms with Crippen LogP contribution in [0.2, 0.25) is 0 Å². The van der Waals surface area contributed by atoms with Gasteiger partial charge in [0, 0.05) is 16.6 Å². The fraction of sp³-hybridized carbons (Fsp3) is 0.240. The predicted octanol–water partition coefficient (Wildman–Crippen LogP) is 5.18. The van der Waals surface area contributed by atoms with Crippen LogP contribution < -0.4 is 4.74 Å². The summed E-state index contributed by atoms with van der Waals surface area (Å²) in [5.74, 6) is 0.856. The van der Waals surface area contributed by atoms with Gasteiger partial charge in [0.05, 0.1) is 12.5 Å². The van der Waals surface area contributed by atoms with Crippen LogP contribution in [0.4, 0.5) is 0 Å². The van der Waals surface area contributed by atoms with Crippen molar-refractivity contribution >= 4 is 11.4 Å². The maximum atomic E-state index is 13.1. The van der Waals surface area contributed by atoms with Gasteiger partial charge >= 0.3 is 0 Å². The first-order valence-corrected chi connectivity index (χ1v) is 9.41. The molecule has 2 atom stereocenters. The molecule has 0 bridgehead atoms. The summed E-state index contributed by atoms with van der Waals surface area (Å²) in [6.07, 6.45) is 4.08. The summed E-state index contributed by atoms with van der Waals surface area (Å²) in [6, 6.07) is 15.7. The van der Waals surface area contributed by atoms with Crippen molar-refractivity contribution in [2.75, 3.05) is 7.11 Å². The van der Waals surface area contributed by atoms with Crippen molar-refractivity contribution in [1.29, 1.82) is 0 Å². The molecular formula is C25H24O3. The Kier molecular flexibility index (Phi) is 4.07. The normalized spacial score (nSPS) is 26.1. The van der Waals surface area contributed by atoms with Gasteiger partial charge in [0.1, 0.15) is 11.5 Å². The van der Waals surface area contributed by atoms with Gasteiger partial charge in [-0.05, 0) is 55.2 Å². The molecule has 142 valence electrons. The van der Waals surface area contributed by atoms with E-state index in [0.29, 0.717) is 17.6 Å². The number of benzene rings is 2. The van der Waals surface area contributed by atoms with E-state index in [-0.39, 0.29) is 11.5 Å². The van der Waals surface area contributed by atoms with E-state index in [1.807, 2.05) is 61.5 Å².